The number of ether oxygens (including phenoxy) is 1. The number of para-hydroxylation sites is 2. The number of hydrogen-bond donors (Lipinski definition) is 0. The molecule has 2 amide bonds. The van der Waals surface area contributed by atoms with Crippen LogP contribution >= 0.6 is 0 Å². The summed E-state index contributed by atoms with van der Waals surface area (Å²) in [5.41, 5.74) is 1.67. The molecule has 2 saturated heterocycles. The van der Waals surface area contributed by atoms with Crippen molar-refractivity contribution in [3.8, 4) is 0 Å². The number of carbonyl (C=O) groups excluding carboxylic acids is 2. The predicted molar refractivity (Wildman–Crippen MR) is 99.1 cm³/mol. The Kier molecular flexibility index (Phi) is 4.94. The molecule has 1 aromatic heterocycles. The Morgan fingerprint density at radius 2 is 1.93 bits per heavy atom. The molecule has 142 valence electrons. The van der Waals surface area contributed by atoms with Gasteiger partial charge in [-0.1, -0.05) is 18.7 Å². The number of oxazole rings is 1. The van der Waals surface area contributed by atoms with Crippen LogP contribution in [0.3, 0.4) is 0 Å². The normalized spacial score (nSPS) is 21.4. The number of benzene rings is 1. The average Bonchev–Trinajstić information content (AvgIpc) is 3.17. The molecule has 0 aliphatic carbocycles. The lowest BCUT2D eigenvalue weighted by molar-refractivity contribution is -0.153. The van der Waals surface area contributed by atoms with E-state index in [1.165, 1.54) is 6.08 Å². The van der Waals surface area contributed by atoms with Crippen LogP contribution in [0.1, 0.15) is 24.7 Å². The topological polar surface area (TPSA) is 75.9 Å². The molecular formula is C20H23N3O4. The van der Waals surface area contributed by atoms with Gasteiger partial charge in [0.2, 0.25) is 5.91 Å². The summed E-state index contributed by atoms with van der Waals surface area (Å²) >= 11 is 0. The molecule has 0 spiro atoms. The third-order valence-corrected chi connectivity index (χ3v) is 5.29. The standard InChI is InChI=1S/C20H23N3O4/c1-2-18(24)23-11-12-26-17(13-23)20(25)22-9-7-14(8-10-22)19-21-15-5-3-4-6-16(15)27-19/h2-6,14,17H,1,7-13H2/t17-/m1/s1. The minimum Gasteiger partial charge on any atom is -0.440 e. The minimum absolute atomic E-state index is 0.0485. The molecule has 2 aromatic rings. The summed E-state index contributed by atoms with van der Waals surface area (Å²) in [5, 5.41) is 0. The second-order valence-electron chi connectivity index (χ2n) is 6.97. The maximum absolute atomic E-state index is 12.8. The Labute approximate surface area is 157 Å². The van der Waals surface area contributed by atoms with Gasteiger partial charge in [0.1, 0.15) is 5.52 Å². The first kappa shape index (κ1) is 17.7. The Hall–Kier alpha value is -2.67. The zero-order chi connectivity index (χ0) is 18.8. The van der Waals surface area contributed by atoms with E-state index in [1.807, 2.05) is 29.2 Å². The van der Waals surface area contributed by atoms with Crippen LogP contribution < -0.4 is 0 Å². The van der Waals surface area contributed by atoms with Crippen LogP contribution in [0.25, 0.3) is 11.1 Å². The highest BCUT2D eigenvalue weighted by molar-refractivity contribution is 5.88. The van der Waals surface area contributed by atoms with Gasteiger partial charge >= 0.3 is 0 Å². The molecule has 7 nitrogen and oxygen atoms in total. The first-order valence-electron chi connectivity index (χ1n) is 9.33. The highest BCUT2D eigenvalue weighted by Crippen LogP contribution is 2.30. The summed E-state index contributed by atoms with van der Waals surface area (Å²) in [6, 6.07) is 7.74. The van der Waals surface area contributed by atoms with Crippen molar-refractivity contribution in [1.82, 2.24) is 14.8 Å². The maximum Gasteiger partial charge on any atom is 0.253 e. The van der Waals surface area contributed by atoms with Crippen molar-refractivity contribution in [3.05, 3.63) is 42.8 Å². The summed E-state index contributed by atoms with van der Waals surface area (Å²) in [4.78, 5) is 32.6. The lowest BCUT2D eigenvalue weighted by Crippen LogP contribution is -2.53. The molecule has 1 atom stereocenters. The Bertz CT molecular complexity index is 821. The zero-order valence-corrected chi connectivity index (χ0v) is 15.2. The van der Waals surface area contributed by atoms with E-state index in [1.54, 1.807) is 4.90 Å². The van der Waals surface area contributed by atoms with E-state index in [0.29, 0.717) is 26.2 Å². The predicted octanol–water partition coefficient (Wildman–Crippen LogP) is 1.95. The Balaban J connectivity index is 1.36. The van der Waals surface area contributed by atoms with E-state index in [0.717, 1.165) is 29.8 Å². The third-order valence-electron chi connectivity index (χ3n) is 5.29. The molecule has 2 aliphatic heterocycles. The second-order valence-corrected chi connectivity index (χ2v) is 6.97. The number of piperidine rings is 1. The fourth-order valence-electron chi connectivity index (χ4n) is 3.74. The molecule has 27 heavy (non-hydrogen) atoms. The summed E-state index contributed by atoms with van der Waals surface area (Å²) in [6.07, 6.45) is 2.29. The van der Waals surface area contributed by atoms with E-state index in [9.17, 15) is 9.59 Å². The average molecular weight is 369 g/mol. The van der Waals surface area contributed by atoms with Crippen LogP contribution in [0, 0.1) is 0 Å². The van der Waals surface area contributed by atoms with E-state index >= 15 is 0 Å². The van der Waals surface area contributed by atoms with E-state index in [-0.39, 0.29) is 24.3 Å². The largest absolute Gasteiger partial charge is 0.440 e. The van der Waals surface area contributed by atoms with Crippen LogP contribution in [0.5, 0.6) is 0 Å². The van der Waals surface area contributed by atoms with Gasteiger partial charge in [0, 0.05) is 25.6 Å². The number of carbonyl (C=O) groups is 2. The number of aromatic nitrogens is 1. The van der Waals surface area contributed by atoms with Crippen molar-refractivity contribution in [1.29, 1.82) is 0 Å². The summed E-state index contributed by atoms with van der Waals surface area (Å²) < 4.78 is 11.5. The first-order valence-corrected chi connectivity index (χ1v) is 9.33. The van der Waals surface area contributed by atoms with Gasteiger partial charge in [-0.15, -0.1) is 0 Å². The fourth-order valence-corrected chi connectivity index (χ4v) is 3.74. The van der Waals surface area contributed by atoms with Gasteiger partial charge in [0.15, 0.2) is 17.6 Å². The van der Waals surface area contributed by atoms with Gasteiger partial charge in [0.25, 0.3) is 5.91 Å². The zero-order valence-electron chi connectivity index (χ0n) is 15.2. The molecule has 7 heteroatoms. The van der Waals surface area contributed by atoms with Crippen molar-refractivity contribution >= 4 is 22.9 Å². The number of amides is 2. The van der Waals surface area contributed by atoms with Gasteiger partial charge in [-0.3, -0.25) is 9.59 Å². The highest BCUT2D eigenvalue weighted by Gasteiger charge is 2.34. The van der Waals surface area contributed by atoms with E-state index in [4.69, 9.17) is 9.15 Å². The van der Waals surface area contributed by atoms with Gasteiger partial charge in [-0.2, -0.15) is 0 Å². The number of morpholine rings is 1. The summed E-state index contributed by atoms with van der Waals surface area (Å²) in [7, 11) is 0. The quantitative estimate of drug-likeness (QED) is 0.773. The summed E-state index contributed by atoms with van der Waals surface area (Å²) in [6.45, 7) is 5.93. The van der Waals surface area contributed by atoms with Crippen LogP contribution in [-0.2, 0) is 14.3 Å². The minimum atomic E-state index is -0.594. The fraction of sp³-hybridized carbons (Fsp3) is 0.450. The van der Waals surface area contributed by atoms with Crippen molar-refractivity contribution in [2.75, 3.05) is 32.8 Å². The smallest absolute Gasteiger partial charge is 0.253 e. The highest BCUT2D eigenvalue weighted by atomic mass is 16.5. The molecule has 1 aromatic carbocycles. The number of hydrogen-bond acceptors (Lipinski definition) is 5. The van der Waals surface area contributed by atoms with Crippen molar-refractivity contribution < 1.29 is 18.7 Å². The number of fused-ring (bicyclic) bond motifs is 1. The number of likely N-dealkylation sites (tertiary alicyclic amines) is 1. The van der Waals surface area contributed by atoms with Gasteiger partial charge in [0.05, 0.1) is 13.2 Å². The van der Waals surface area contributed by atoms with Crippen molar-refractivity contribution in [3.63, 3.8) is 0 Å². The molecule has 0 saturated carbocycles. The molecule has 2 fully saturated rings. The maximum atomic E-state index is 12.8. The van der Waals surface area contributed by atoms with Crippen LogP contribution in [0.4, 0.5) is 0 Å². The van der Waals surface area contributed by atoms with Crippen molar-refractivity contribution in [2.24, 2.45) is 0 Å². The molecule has 0 unspecified atom stereocenters. The summed E-state index contributed by atoms with van der Waals surface area (Å²) in [5.74, 6) is 0.755. The number of nitrogens with zero attached hydrogens (tertiary/aromatic N) is 3. The van der Waals surface area contributed by atoms with Crippen LogP contribution in [0.2, 0.25) is 0 Å². The lowest BCUT2D eigenvalue weighted by atomic mass is 9.96. The molecule has 3 heterocycles. The Morgan fingerprint density at radius 1 is 1.15 bits per heavy atom. The third kappa shape index (κ3) is 3.60. The van der Waals surface area contributed by atoms with Crippen molar-refractivity contribution in [2.45, 2.75) is 24.9 Å². The van der Waals surface area contributed by atoms with E-state index < -0.39 is 6.10 Å². The lowest BCUT2D eigenvalue weighted by Gasteiger charge is -2.37. The van der Waals surface area contributed by atoms with E-state index in [2.05, 4.69) is 11.6 Å². The molecule has 0 bridgehead atoms. The molecule has 4 rings (SSSR count). The molecular weight excluding hydrogens is 346 g/mol. The van der Waals surface area contributed by atoms with Gasteiger partial charge in [-0.05, 0) is 31.1 Å². The Morgan fingerprint density at radius 3 is 2.67 bits per heavy atom. The first-order chi connectivity index (χ1) is 13.2. The number of rotatable bonds is 3. The molecule has 0 radical (unpaired) electrons. The monoisotopic (exact) mass is 369 g/mol. The molecule has 2 aliphatic rings. The van der Waals surface area contributed by atoms with Crippen LogP contribution in [0.15, 0.2) is 41.3 Å². The SMILES string of the molecule is C=CC(=O)N1CCO[C@@H](C(=O)N2CCC(c3nc4ccccc4o3)CC2)C1. The van der Waals surface area contributed by atoms with Gasteiger partial charge in [-0.25, -0.2) is 4.98 Å². The van der Waals surface area contributed by atoms with Gasteiger partial charge < -0.3 is 19.0 Å². The molecule has 0 N–H and O–H groups in total. The van der Waals surface area contributed by atoms with Crippen LogP contribution in [-0.4, -0.2) is 65.5 Å². The second kappa shape index (κ2) is 7.52.